The van der Waals surface area contributed by atoms with Gasteiger partial charge >= 0.3 is 6.03 Å². The molecule has 3 aromatic rings. The molecular weight excluding hydrogens is 352 g/mol. The quantitative estimate of drug-likeness (QED) is 0.541. The van der Waals surface area contributed by atoms with Gasteiger partial charge in [-0.15, -0.1) is 11.3 Å². The molecule has 2 amide bonds. The molecule has 7 nitrogen and oxygen atoms in total. The van der Waals surface area contributed by atoms with E-state index in [1.807, 2.05) is 24.3 Å². The zero-order valence-corrected chi connectivity index (χ0v) is 14.6. The summed E-state index contributed by atoms with van der Waals surface area (Å²) in [6, 6.07) is 13.5. The third kappa shape index (κ3) is 3.11. The van der Waals surface area contributed by atoms with Crippen LogP contribution in [0.2, 0.25) is 0 Å². The maximum atomic E-state index is 12.7. The van der Waals surface area contributed by atoms with Crippen LogP contribution >= 0.6 is 11.3 Å². The Hall–Kier alpha value is -3.00. The van der Waals surface area contributed by atoms with Crippen LogP contribution in [0.3, 0.4) is 0 Å². The van der Waals surface area contributed by atoms with Crippen molar-refractivity contribution in [2.24, 2.45) is 0 Å². The lowest BCUT2D eigenvalue weighted by molar-refractivity contribution is -0.384. The fourth-order valence-corrected chi connectivity index (χ4v) is 4.28. The monoisotopic (exact) mass is 368 g/mol. The highest BCUT2D eigenvalue weighted by Crippen LogP contribution is 2.36. The molecule has 2 aromatic carbocycles. The van der Waals surface area contributed by atoms with Crippen LogP contribution in [0.15, 0.2) is 48.5 Å². The number of hydrogen-bond donors (Lipinski definition) is 1. The van der Waals surface area contributed by atoms with Gasteiger partial charge in [0.25, 0.3) is 5.69 Å². The first-order valence-corrected chi connectivity index (χ1v) is 9.11. The minimum absolute atomic E-state index is 0.00322. The van der Waals surface area contributed by atoms with Gasteiger partial charge in [0.1, 0.15) is 5.01 Å². The van der Waals surface area contributed by atoms with Gasteiger partial charge in [-0.05, 0) is 37.1 Å². The second-order valence-electron chi connectivity index (χ2n) is 6.11. The van der Waals surface area contributed by atoms with Crippen LogP contribution in [0.25, 0.3) is 10.2 Å². The summed E-state index contributed by atoms with van der Waals surface area (Å²) in [5.74, 6) is 0. The molecule has 0 radical (unpaired) electrons. The van der Waals surface area contributed by atoms with E-state index in [0.29, 0.717) is 12.2 Å². The van der Waals surface area contributed by atoms with Crippen LogP contribution in [0.5, 0.6) is 0 Å². The largest absolute Gasteiger partial charge is 0.322 e. The normalized spacial score (nSPS) is 16.8. The van der Waals surface area contributed by atoms with Crippen molar-refractivity contribution in [2.75, 3.05) is 11.9 Å². The fourth-order valence-electron chi connectivity index (χ4n) is 3.16. The molecule has 132 valence electrons. The van der Waals surface area contributed by atoms with Crippen LogP contribution in [-0.4, -0.2) is 27.4 Å². The first-order valence-electron chi connectivity index (χ1n) is 8.29. The van der Waals surface area contributed by atoms with Gasteiger partial charge in [0, 0.05) is 24.4 Å². The molecule has 0 spiro atoms. The number of nitro groups is 1. The SMILES string of the molecule is O=C(Nc1ccc([N+](=O)[O-])cc1)N1CCCC1c1nc2ccccc2s1. The first-order chi connectivity index (χ1) is 12.6. The molecule has 1 aliphatic heterocycles. The number of aromatic nitrogens is 1. The summed E-state index contributed by atoms with van der Waals surface area (Å²) in [5, 5.41) is 14.5. The summed E-state index contributed by atoms with van der Waals surface area (Å²) in [6.45, 7) is 0.666. The van der Waals surface area contributed by atoms with Crippen molar-refractivity contribution in [3.05, 3.63) is 63.7 Å². The number of carbonyl (C=O) groups excluding carboxylic acids is 1. The fraction of sp³-hybridized carbons (Fsp3) is 0.222. The average molecular weight is 368 g/mol. The van der Waals surface area contributed by atoms with Crippen LogP contribution in [-0.2, 0) is 0 Å². The Kier molecular flexibility index (Phi) is 4.26. The lowest BCUT2D eigenvalue weighted by Crippen LogP contribution is -2.34. The molecule has 1 aromatic heterocycles. The molecule has 0 aliphatic carbocycles. The van der Waals surface area contributed by atoms with Gasteiger partial charge < -0.3 is 10.2 Å². The topological polar surface area (TPSA) is 88.4 Å². The molecule has 1 atom stereocenters. The third-order valence-corrected chi connectivity index (χ3v) is 5.58. The maximum Gasteiger partial charge on any atom is 0.322 e. The van der Waals surface area contributed by atoms with E-state index < -0.39 is 4.92 Å². The highest BCUT2D eigenvalue weighted by atomic mass is 32.1. The molecule has 26 heavy (non-hydrogen) atoms. The van der Waals surface area contributed by atoms with Gasteiger partial charge in [0.15, 0.2) is 0 Å². The minimum atomic E-state index is -0.463. The number of fused-ring (bicyclic) bond motifs is 1. The van der Waals surface area contributed by atoms with Gasteiger partial charge in [-0.3, -0.25) is 10.1 Å². The molecule has 1 unspecified atom stereocenters. The number of hydrogen-bond acceptors (Lipinski definition) is 5. The molecule has 0 saturated carbocycles. The highest BCUT2D eigenvalue weighted by Gasteiger charge is 2.32. The summed E-state index contributed by atoms with van der Waals surface area (Å²) in [5.41, 5.74) is 1.49. The van der Waals surface area contributed by atoms with Crippen LogP contribution in [0, 0.1) is 10.1 Å². The number of benzene rings is 2. The number of thiazole rings is 1. The number of urea groups is 1. The maximum absolute atomic E-state index is 12.7. The standard InChI is InChI=1S/C18H16N4O3S/c23-18(19-12-7-9-13(10-8-12)22(24)25)21-11-3-5-15(21)17-20-14-4-1-2-6-16(14)26-17/h1-2,4,6-10,15H,3,5,11H2,(H,19,23). The number of rotatable bonds is 3. The molecule has 1 saturated heterocycles. The molecule has 4 rings (SSSR count). The van der Waals surface area contributed by atoms with E-state index in [2.05, 4.69) is 10.3 Å². The minimum Gasteiger partial charge on any atom is -0.315 e. The van der Waals surface area contributed by atoms with E-state index in [-0.39, 0.29) is 17.8 Å². The van der Waals surface area contributed by atoms with Gasteiger partial charge in [0.05, 0.1) is 21.2 Å². The zero-order chi connectivity index (χ0) is 18.1. The second-order valence-corrected chi connectivity index (χ2v) is 7.17. The van der Waals surface area contributed by atoms with Crippen LogP contribution in [0.4, 0.5) is 16.2 Å². The number of carbonyl (C=O) groups is 1. The Morgan fingerprint density at radius 2 is 2.00 bits per heavy atom. The summed E-state index contributed by atoms with van der Waals surface area (Å²) in [4.78, 5) is 29.4. The average Bonchev–Trinajstić information content (AvgIpc) is 3.28. The number of non-ortho nitro benzene ring substituents is 1. The summed E-state index contributed by atoms with van der Waals surface area (Å²) >= 11 is 1.62. The Labute approximate surface area is 153 Å². The van der Waals surface area contributed by atoms with E-state index in [1.54, 1.807) is 28.4 Å². The van der Waals surface area contributed by atoms with Gasteiger partial charge in [0.2, 0.25) is 0 Å². The smallest absolute Gasteiger partial charge is 0.315 e. The predicted molar refractivity (Wildman–Crippen MR) is 100 cm³/mol. The number of para-hydroxylation sites is 1. The number of nitrogens with zero attached hydrogens (tertiary/aromatic N) is 3. The molecular formula is C18H16N4O3S. The van der Waals surface area contributed by atoms with E-state index >= 15 is 0 Å². The third-order valence-electron chi connectivity index (χ3n) is 4.44. The Bertz CT molecular complexity index is 937. The van der Waals surface area contributed by atoms with Crippen molar-refractivity contribution >= 4 is 39.0 Å². The van der Waals surface area contributed by atoms with Crippen LogP contribution < -0.4 is 5.32 Å². The molecule has 0 bridgehead atoms. The van der Waals surface area contributed by atoms with Crippen LogP contribution in [0.1, 0.15) is 23.9 Å². The number of amides is 2. The van der Waals surface area contributed by atoms with Crippen molar-refractivity contribution in [1.82, 2.24) is 9.88 Å². The van der Waals surface area contributed by atoms with Gasteiger partial charge in [-0.2, -0.15) is 0 Å². The Morgan fingerprint density at radius 3 is 2.73 bits per heavy atom. The lowest BCUT2D eigenvalue weighted by atomic mass is 10.2. The molecule has 1 aliphatic rings. The number of nitro benzene ring substituents is 1. The van der Waals surface area contributed by atoms with E-state index in [9.17, 15) is 14.9 Å². The van der Waals surface area contributed by atoms with E-state index in [1.165, 1.54) is 12.1 Å². The Morgan fingerprint density at radius 1 is 1.23 bits per heavy atom. The van der Waals surface area contributed by atoms with E-state index in [0.717, 1.165) is 28.1 Å². The van der Waals surface area contributed by atoms with Crippen molar-refractivity contribution in [2.45, 2.75) is 18.9 Å². The molecule has 8 heteroatoms. The van der Waals surface area contributed by atoms with Crippen molar-refractivity contribution in [3.63, 3.8) is 0 Å². The number of nitrogens with one attached hydrogen (secondary N) is 1. The van der Waals surface area contributed by atoms with Crippen molar-refractivity contribution < 1.29 is 9.72 Å². The number of likely N-dealkylation sites (tertiary alicyclic amines) is 1. The number of anilines is 1. The lowest BCUT2D eigenvalue weighted by Gasteiger charge is -2.23. The summed E-state index contributed by atoms with van der Waals surface area (Å²) in [6.07, 6.45) is 1.81. The van der Waals surface area contributed by atoms with Crippen molar-refractivity contribution in [3.8, 4) is 0 Å². The van der Waals surface area contributed by atoms with Gasteiger partial charge in [-0.1, -0.05) is 12.1 Å². The van der Waals surface area contributed by atoms with Gasteiger partial charge in [-0.25, -0.2) is 9.78 Å². The molecule has 1 N–H and O–H groups in total. The zero-order valence-electron chi connectivity index (χ0n) is 13.8. The first kappa shape index (κ1) is 16.5. The predicted octanol–water partition coefficient (Wildman–Crippen LogP) is 4.57. The second kappa shape index (κ2) is 6.72. The highest BCUT2D eigenvalue weighted by molar-refractivity contribution is 7.18. The van der Waals surface area contributed by atoms with Crippen molar-refractivity contribution in [1.29, 1.82) is 0 Å². The Balaban J connectivity index is 1.52. The molecule has 2 heterocycles. The molecule has 1 fully saturated rings. The van der Waals surface area contributed by atoms with E-state index in [4.69, 9.17) is 0 Å². The summed E-state index contributed by atoms with van der Waals surface area (Å²) < 4.78 is 1.12. The summed E-state index contributed by atoms with van der Waals surface area (Å²) in [7, 11) is 0.